The van der Waals surface area contributed by atoms with Crippen molar-refractivity contribution >= 4 is 40.6 Å². The quantitative estimate of drug-likeness (QED) is 0.660. The average molecular weight is 301 g/mol. The fourth-order valence-corrected chi connectivity index (χ4v) is 1.56. The molecule has 19 heavy (non-hydrogen) atoms. The fourth-order valence-electron chi connectivity index (χ4n) is 1.28. The summed E-state index contributed by atoms with van der Waals surface area (Å²) < 4.78 is 13.2. The van der Waals surface area contributed by atoms with Crippen LogP contribution in [0.25, 0.3) is 0 Å². The highest BCUT2D eigenvalue weighted by atomic mass is 35.5. The van der Waals surface area contributed by atoms with Gasteiger partial charge in [0, 0.05) is 5.56 Å². The van der Waals surface area contributed by atoms with Crippen LogP contribution in [0.15, 0.2) is 24.5 Å². The summed E-state index contributed by atoms with van der Waals surface area (Å²) in [6.07, 6.45) is 1.15. The number of benzene rings is 1. The van der Waals surface area contributed by atoms with E-state index in [0.717, 1.165) is 12.4 Å². The summed E-state index contributed by atoms with van der Waals surface area (Å²) >= 11 is 11.5. The Kier molecular flexibility index (Phi) is 3.82. The number of hydrogen-bond acceptors (Lipinski definition) is 4. The Labute approximate surface area is 117 Å². The Morgan fingerprint density at radius 1 is 1.32 bits per heavy atom. The van der Waals surface area contributed by atoms with Crippen LogP contribution in [0, 0.1) is 5.82 Å². The summed E-state index contributed by atoms with van der Waals surface area (Å²) in [6, 6.07) is 3.69. The molecular weight excluding hydrogens is 294 g/mol. The van der Waals surface area contributed by atoms with Crippen molar-refractivity contribution in [2.45, 2.75) is 0 Å². The first-order chi connectivity index (χ1) is 8.99. The summed E-state index contributed by atoms with van der Waals surface area (Å²) in [4.78, 5) is 19.3. The lowest BCUT2D eigenvalue weighted by Gasteiger charge is -2.07. The van der Waals surface area contributed by atoms with E-state index in [1.165, 1.54) is 12.1 Å². The highest BCUT2D eigenvalue weighted by Gasteiger charge is 2.13. The summed E-state index contributed by atoms with van der Waals surface area (Å²) in [6.45, 7) is 0. The number of carbonyl (C=O) groups is 1. The van der Waals surface area contributed by atoms with E-state index in [1.54, 1.807) is 0 Å². The van der Waals surface area contributed by atoms with Crippen LogP contribution in [-0.4, -0.2) is 15.9 Å². The molecule has 1 heterocycles. The van der Waals surface area contributed by atoms with Gasteiger partial charge >= 0.3 is 0 Å². The Hall–Kier alpha value is -1.92. The molecule has 1 aromatic carbocycles. The summed E-state index contributed by atoms with van der Waals surface area (Å²) in [7, 11) is 0. The highest BCUT2D eigenvalue weighted by molar-refractivity contribution is 6.43. The summed E-state index contributed by atoms with van der Waals surface area (Å²) in [5, 5.41) is 2.42. The van der Waals surface area contributed by atoms with E-state index in [2.05, 4.69) is 15.3 Å². The van der Waals surface area contributed by atoms with Crippen LogP contribution in [0.1, 0.15) is 10.4 Å². The molecule has 3 N–H and O–H groups in total. The van der Waals surface area contributed by atoms with Gasteiger partial charge in [-0.25, -0.2) is 14.4 Å². The number of aromatic nitrogens is 2. The van der Waals surface area contributed by atoms with Crippen molar-refractivity contribution < 1.29 is 9.18 Å². The van der Waals surface area contributed by atoms with E-state index in [1.807, 2.05) is 0 Å². The number of amides is 1. The zero-order chi connectivity index (χ0) is 14.0. The Balaban J connectivity index is 2.26. The Morgan fingerprint density at radius 2 is 2.05 bits per heavy atom. The molecule has 0 saturated carbocycles. The van der Waals surface area contributed by atoms with Crippen molar-refractivity contribution in [2.75, 3.05) is 11.1 Å². The maximum Gasteiger partial charge on any atom is 0.256 e. The van der Waals surface area contributed by atoms with E-state index >= 15 is 0 Å². The van der Waals surface area contributed by atoms with Gasteiger partial charge in [-0.3, -0.25) is 4.79 Å². The first-order valence-corrected chi connectivity index (χ1v) is 5.77. The topological polar surface area (TPSA) is 80.9 Å². The molecule has 98 valence electrons. The molecule has 0 unspecified atom stereocenters. The van der Waals surface area contributed by atoms with Crippen molar-refractivity contribution in [3.63, 3.8) is 0 Å². The van der Waals surface area contributed by atoms with Crippen molar-refractivity contribution in [1.82, 2.24) is 9.97 Å². The van der Waals surface area contributed by atoms with E-state index < -0.39 is 11.7 Å². The number of halogens is 3. The second kappa shape index (κ2) is 5.38. The van der Waals surface area contributed by atoms with Gasteiger partial charge in [0.2, 0.25) is 0 Å². The van der Waals surface area contributed by atoms with Crippen LogP contribution in [0.4, 0.5) is 15.9 Å². The van der Waals surface area contributed by atoms with Gasteiger partial charge in [0.25, 0.3) is 5.91 Å². The Bertz CT molecular complexity index is 651. The molecule has 0 aliphatic carbocycles. The van der Waals surface area contributed by atoms with Crippen LogP contribution >= 0.6 is 23.2 Å². The third-order valence-electron chi connectivity index (χ3n) is 2.24. The second-order valence-corrected chi connectivity index (χ2v) is 4.25. The van der Waals surface area contributed by atoms with Crippen LogP contribution in [0.3, 0.4) is 0 Å². The molecule has 0 atom stereocenters. The van der Waals surface area contributed by atoms with Gasteiger partial charge in [-0.1, -0.05) is 23.2 Å². The normalized spacial score (nSPS) is 10.3. The van der Waals surface area contributed by atoms with Crippen LogP contribution in [-0.2, 0) is 0 Å². The number of nitrogens with one attached hydrogen (secondary N) is 1. The van der Waals surface area contributed by atoms with E-state index in [0.29, 0.717) is 0 Å². The molecule has 0 fully saturated rings. The van der Waals surface area contributed by atoms with Gasteiger partial charge in [0.1, 0.15) is 17.2 Å². The number of carbonyl (C=O) groups excluding carboxylic acids is 1. The minimum atomic E-state index is -0.681. The monoisotopic (exact) mass is 300 g/mol. The van der Waals surface area contributed by atoms with E-state index in [4.69, 9.17) is 28.9 Å². The molecule has 0 aliphatic rings. The number of anilines is 2. The summed E-state index contributed by atoms with van der Waals surface area (Å²) in [5.41, 5.74) is 5.36. The molecule has 1 amide bonds. The first kappa shape index (κ1) is 13.5. The average Bonchev–Trinajstić information content (AvgIpc) is 2.38. The smallest absolute Gasteiger partial charge is 0.256 e. The lowest BCUT2D eigenvalue weighted by Crippen LogP contribution is -2.14. The predicted molar refractivity (Wildman–Crippen MR) is 70.8 cm³/mol. The number of nitrogens with two attached hydrogens (primary N) is 1. The predicted octanol–water partition coefficient (Wildman–Crippen LogP) is 2.76. The van der Waals surface area contributed by atoms with Gasteiger partial charge in [0.05, 0.1) is 5.69 Å². The van der Waals surface area contributed by atoms with Crippen LogP contribution < -0.4 is 11.1 Å². The standard InChI is InChI=1S/C11H7Cl2FN4O/c12-8-9(13)16-4-17-10(8)18-11(19)5-1-2-7(15)6(14)3-5/h1-4H,15H2,(H,16,17,18,19). The highest BCUT2D eigenvalue weighted by Crippen LogP contribution is 2.25. The zero-order valence-corrected chi connectivity index (χ0v) is 10.8. The number of nitrogens with zero attached hydrogens (tertiary/aromatic N) is 2. The second-order valence-electron chi connectivity index (χ2n) is 3.52. The fraction of sp³-hybridized carbons (Fsp3) is 0. The van der Waals surface area contributed by atoms with Gasteiger partial charge < -0.3 is 11.1 Å². The van der Waals surface area contributed by atoms with Crippen molar-refractivity contribution in [1.29, 1.82) is 0 Å². The number of nitrogen functional groups attached to an aromatic ring is 1. The first-order valence-electron chi connectivity index (χ1n) is 5.01. The molecule has 1 aromatic heterocycles. The molecule has 0 saturated heterocycles. The van der Waals surface area contributed by atoms with Crippen molar-refractivity contribution in [3.8, 4) is 0 Å². The molecule has 0 spiro atoms. The molecule has 2 rings (SSSR count). The maximum atomic E-state index is 13.2. The Morgan fingerprint density at radius 3 is 2.74 bits per heavy atom. The lowest BCUT2D eigenvalue weighted by molar-refractivity contribution is 0.102. The summed E-state index contributed by atoms with van der Waals surface area (Å²) in [5.74, 6) is -1.22. The molecule has 2 aromatic rings. The van der Waals surface area contributed by atoms with Crippen LogP contribution in [0.5, 0.6) is 0 Å². The zero-order valence-electron chi connectivity index (χ0n) is 9.32. The number of rotatable bonds is 2. The molecular formula is C11H7Cl2FN4O. The third-order valence-corrected chi connectivity index (χ3v) is 2.98. The number of hydrogen-bond donors (Lipinski definition) is 2. The lowest BCUT2D eigenvalue weighted by atomic mass is 10.2. The van der Waals surface area contributed by atoms with Crippen LogP contribution in [0.2, 0.25) is 10.2 Å². The SMILES string of the molecule is Nc1ccc(C(=O)Nc2ncnc(Cl)c2Cl)cc1F. The minimum Gasteiger partial charge on any atom is -0.396 e. The molecule has 8 heteroatoms. The van der Waals surface area contributed by atoms with Gasteiger partial charge in [0.15, 0.2) is 11.0 Å². The van der Waals surface area contributed by atoms with Gasteiger partial charge in [-0.2, -0.15) is 0 Å². The van der Waals surface area contributed by atoms with E-state index in [-0.39, 0.29) is 27.2 Å². The van der Waals surface area contributed by atoms with Gasteiger partial charge in [-0.15, -0.1) is 0 Å². The van der Waals surface area contributed by atoms with Gasteiger partial charge in [-0.05, 0) is 18.2 Å². The molecule has 0 aliphatic heterocycles. The minimum absolute atomic E-state index is 0.00781. The largest absolute Gasteiger partial charge is 0.396 e. The maximum absolute atomic E-state index is 13.2. The molecule has 0 radical (unpaired) electrons. The third kappa shape index (κ3) is 2.91. The van der Waals surface area contributed by atoms with E-state index in [9.17, 15) is 9.18 Å². The molecule has 0 bridgehead atoms. The van der Waals surface area contributed by atoms with Crippen molar-refractivity contribution in [2.24, 2.45) is 0 Å². The molecule has 5 nitrogen and oxygen atoms in total. The van der Waals surface area contributed by atoms with Crippen molar-refractivity contribution in [3.05, 3.63) is 46.1 Å².